The van der Waals surface area contributed by atoms with E-state index in [1.807, 2.05) is 30.3 Å². The Morgan fingerprint density at radius 3 is 2.39 bits per heavy atom. The molecule has 1 amide bonds. The molecule has 3 aromatic carbocycles. The number of methoxy groups -OCH3 is 1. The van der Waals surface area contributed by atoms with Crippen molar-refractivity contribution in [2.45, 2.75) is 31.8 Å². The van der Waals surface area contributed by atoms with Gasteiger partial charge in [0.2, 0.25) is 5.91 Å². The molecule has 31 heavy (non-hydrogen) atoms. The molecule has 0 bridgehead atoms. The molecule has 0 aliphatic heterocycles. The van der Waals surface area contributed by atoms with Crippen LogP contribution in [0.3, 0.4) is 0 Å². The van der Waals surface area contributed by atoms with Gasteiger partial charge in [0.05, 0.1) is 7.11 Å². The third-order valence-electron chi connectivity index (χ3n) is 6.20. The highest BCUT2D eigenvalue weighted by Crippen LogP contribution is 2.37. The standard InChI is InChI=1S/C26H28N2O3/c1-3-28(23-15-9-13-18-10-7-8-14-22(18)23)21-16-20(17-21)25(29)27-24(26(30)31-2)19-11-5-4-6-12-19/h4-15,20-21,24H,3,16-17H2,1-2H3,(H,27,29). The summed E-state index contributed by atoms with van der Waals surface area (Å²) in [6, 6.07) is 23.5. The molecule has 1 saturated carbocycles. The largest absolute Gasteiger partial charge is 0.467 e. The average Bonchev–Trinajstić information content (AvgIpc) is 2.79. The van der Waals surface area contributed by atoms with E-state index in [9.17, 15) is 9.59 Å². The Morgan fingerprint density at radius 2 is 1.68 bits per heavy atom. The van der Waals surface area contributed by atoms with Crippen LogP contribution in [0, 0.1) is 5.92 Å². The summed E-state index contributed by atoms with van der Waals surface area (Å²) < 4.78 is 4.91. The van der Waals surface area contributed by atoms with Crippen molar-refractivity contribution in [3.8, 4) is 0 Å². The smallest absolute Gasteiger partial charge is 0.333 e. The number of fused-ring (bicyclic) bond motifs is 1. The SMILES string of the molecule is CCN(c1cccc2ccccc12)C1CC(C(=O)NC(C(=O)OC)c2ccccc2)C1. The number of carbonyl (C=O) groups is 2. The zero-order valence-electron chi connectivity index (χ0n) is 18.0. The summed E-state index contributed by atoms with van der Waals surface area (Å²) in [5, 5.41) is 5.35. The summed E-state index contributed by atoms with van der Waals surface area (Å²) in [6.45, 7) is 3.03. The lowest BCUT2D eigenvalue weighted by Crippen LogP contribution is -2.51. The van der Waals surface area contributed by atoms with Gasteiger partial charge in [-0.1, -0.05) is 66.7 Å². The lowest BCUT2D eigenvalue weighted by atomic mass is 9.78. The van der Waals surface area contributed by atoms with Crippen LogP contribution in [-0.2, 0) is 14.3 Å². The monoisotopic (exact) mass is 416 g/mol. The van der Waals surface area contributed by atoms with Crippen molar-refractivity contribution in [1.29, 1.82) is 0 Å². The van der Waals surface area contributed by atoms with Gasteiger partial charge in [-0.25, -0.2) is 4.79 Å². The normalized spacial score (nSPS) is 18.6. The molecule has 1 fully saturated rings. The molecule has 3 aromatic rings. The zero-order chi connectivity index (χ0) is 21.8. The second-order valence-corrected chi connectivity index (χ2v) is 7.98. The predicted octanol–water partition coefficient (Wildman–Crippen LogP) is 4.48. The predicted molar refractivity (Wildman–Crippen MR) is 123 cm³/mol. The van der Waals surface area contributed by atoms with Gasteiger partial charge >= 0.3 is 5.97 Å². The molecular weight excluding hydrogens is 388 g/mol. The number of hydrogen-bond donors (Lipinski definition) is 1. The highest BCUT2D eigenvalue weighted by atomic mass is 16.5. The van der Waals surface area contributed by atoms with Gasteiger partial charge in [-0.3, -0.25) is 4.79 Å². The maximum atomic E-state index is 12.9. The van der Waals surface area contributed by atoms with Crippen molar-refractivity contribution in [3.63, 3.8) is 0 Å². The number of nitrogens with zero attached hydrogens (tertiary/aromatic N) is 1. The van der Waals surface area contributed by atoms with Crippen molar-refractivity contribution < 1.29 is 14.3 Å². The van der Waals surface area contributed by atoms with E-state index in [1.165, 1.54) is 23.6 Å². The number of rotatable bonds is 7. The fourth-order valence-corrected chi connectivity index (χ4v) is 4.44. The van der Waals surface area contributed by atoms with Crippen molar-refractivity contribution in [2.24, 2.45) is 5.92 Å². The molecule has 0 radical (unpaired) electrons. The summed E-state index contributed by atoms with van der Waals surface area (Å²) in [4.78, 5) is 27.5. The zero-order valence-corrected chi connectivity index (χ0v) is 18.0. The van der Waals surface area contributed by atoms with Crippen molar-refractivity contribution in [2.75, 3.05) is 18.6 Å². The Labute approximate surface area is 183 Å². The Morgan fingerprint density at radius 1 is 1.00 bits per heavy atom. The molecule has 4 rings (SSSR count). The second kappa shape index (κ2) is 9.21. The minimum atomic E-state index is -0.780. The van der Waals surface area contributed by atoms with Gasteiger partial charge in [0.1, 0.15) is 0 Å². The molecule has 160 valence electrons. The first-order chi connectivity index (χ1) is 15.1. The maximum absolute atomic E-state index is 12.9. The maximum Gasteiger partial charge on any atom is 0.333 e. The number of carbonyl (C=O) groups excluding carboxylic acids is 2. The molecule has 5 nitrogen and oxygen atoms in total. The molecule has 0 saturated heterocycles. The first-order valence-electron chi connectivity index (χ1n) is 10.8. The minimum Gasteiger partial charge on any atom is -0.467 e. The Kier molecular flexibility index (Phi) is 6.21. The summed E-state index contributed by atoms with van der Waals surface area (Å²) in [6.07, 6.45) is 1.54. The van der Waals surface area contributed by atoms with Crippen LogP contribution < -0.4 is 10.2 Å². The number of nitrogens with one attached hydrogen (secondary N) is 1. The molecule has 0 heterocycles. The molecular formula is C26H28N2O3. The van der Waals surface area contributed by atoms with Gasteiger partial charge in [0.25, 0.3) is 0 Å². The van der Waals surface area contributed by atoms with Gasteiger partial charge < -0.3 is 15.0 Å². The molecule has 0 spiro atoms. The van der Waals surface area contributed by atoms with E-state index in [4.69, 9.17) is 4.74 Å². The van der Waals surface area contributed by atoms with E-state index in [0.717, 1.165) is 24.9 Å². The number of benzene rings is 3. The van der Waals surface area contributed by atoms with Crippen LogP contribution in [0.2, 0.25) is 0 Å². The number of anilines is 1. The quantitative estimate of drug-likeness (QED) is 0.577. The van der Waals surface area contributed by atoms with Crippen molar-refractivity contribution in [1.82, 2.24) is 5.32 Å². The summed E-state index contributed by atoms with van der Waals surface area (Å²) in [7, 11) is 1.34. The molecule has 1 aliphatic carbocycles. The van der Waals surface area contributed by atoms with Gasteiger partial charge in [0, 0.05) is 29.6 Å². The van der Waals surface area contributed by atoms with E-state index in [2.05, 4.69) is 59.6 Å². The fourth-order valence-electron chi connectivity index (χ4n) is 4.44. The summed E-state index contributed by atoms with van der Waals surface area (Å²) in [5.41, 5.74) is 1.94. The van der Waals surface area contributed by atoms with Crippen LogP contribution in [0.5, 0.6) is 0 Å². The van der Waals surface area contributed by atoms with Crippen molar-refractivity contribution >= 4 is 28.3 Å². The van der Waals surface area contributed by atoms with E-state index in [-0.39, 0.29) is 11.8 Å². The topological polar surface area (TPSA) is 58.6 Å². The average molecular weight is 417 g/mol. The van der Waals surface area contributed by atoms with Crippen LogP contribution in [0.4, 0.5) is 5.69 Å². The van der Waals surface area contributed by atoms with E-state index < -0.39 is 12.0 Å². The highest BCUT2D eigenvalue weighted by Gasteiger charge is 2.39. The Balaban J connectivity index is 1.44. The molecule has 1 N–H and O–H groups in total. The first kappa shape index (κ1) is 20.9. The third-order valence-corrected chi connectivity index (χ3v) is 6.20. The molecule has 1 aliphatic rings. The van der Waals surface area contributed by atoms with E-state index in [1.54, 1.807) is 0 Å². The Hall–Kier alpha value is -3.34. The lowest BCUT2D eigenvalue weighted by molar-refractivity contribution is -0.146. The highest BCUT2D eigenvalue weighted by molar-refractivity contribution is 5.94. The van der Waals surface area contributed by atoms with E-state index in [0.29, 0.717) is 6.04 Å². The number of esters is 1. The van der Waals surface area contributed by atoms with E-state index >= 15 is 0 Å². The first-order valence-corrected chi connectivity index (χ1v) is 10.8. The van der Waals surface area contributed by atoms with Crippen LogP contribution >= 0.6 is 0 Å². The molecule has 5 heteroatoms. The van der Waals surface area contributed by atoms with Gasteiger partial charge in [-0.2, -0.15) is 0 Å². The van der Waals surface area contributed by atoms with Crippen LogP contribution in [-0.4, -0.2) is 31.6 Å². The summed E-state index contributed by atoms with van der Waals surface area (Å²) >= 11 is 0. The summed E-state index contributed by atoms with van der Waals surface area (Å²) in [5.74, 6) is -0.657. The fraction of sp³-hybridized carbons (Fsp3) is 0.308. The second-order valence-electron chi connectivity index (χ2n) is 7.98. The number of amides is 1. The Bertz CT molecular complexity index is 1060. The minimum absolute atomic E-state index is 0.0931. The molecule has 1 unspecified atom stereocenters. The van der Waals surface area contributed by atoms with Crippen LogP contribution in [0.1, 0.15) is 31.4 Å². The number of hydrogen-bond acceptors (Lipinski definition) is 4. The number of ether oxygens (including phenoxy) is 1. The molecule has 1 atom stereocenters. The van der Waals surface area contributed by atoms with Gasteiger partial charge in [0.15, 0.2) is 6.04 Å². The van der Waals surface area contributed by atoms with Gasteiger partial charge in [-0.05, 0) is 36.8 Å². The third kappa shape index (κ3) is 4.26. The van der Waals surface area contributed by atoms with Crippen LogP contribution in [0.25, 0.3) is 10.8 Å². The lowest BCUT2D eigenvalue weighted by Gasteiger charge is -2.43. The van der Waals surface area contributed by atoms with Crippen LogP contribution in [0.15, 0.2) is 72.8 Å². The molecule has 0 aromatic heterocycles. The van der Waals surface area contributed by atoms with Gasteiger partial charge in [-0.15, -0.1) is 0 Å². The van der Waals surface area contributed by atoms with Crippen molar-refractivity contribution in [3.05, 3.63) is 78.4 Å².